The number of carboxylic acid groups (broad SMARTS) is 1. The normalized spacial score (nSPS) is 15.4. The summed E-state index contributed by atoms with van der Waals surface area (Å²) in [6, 6.07) is 9.22. The van der Waals surface area contributed by atoms with E-state index in [1.54, 1.807) is 18.3 Å². The lowest BCUT2D eigenvalue weighted by molar-refractivity contribution is -0.136. The molecule has 0 amide bonds. The molecule has 1 aliphatic rings. The molecule has 40 heavy (non-hydrogen) atoms. The van der Waals surface area contributed by atoms with Crippen molar-refractivity contribution in [1.82, 2.24) is 15.0 Å². The number of aliphatic carboxylic acids is 1. The number of halogens is 1. The number of benzene rings is 2. The molecule has 1 saturated heterocycles. The second-order valence-electron chi connectivity index (χ2n) is 11.6. The molecule has 10 heteroatoms. The maximum atomic E-state index is 12.0. The number of ether oxygens (including phenoxy) is 1. The van der Waals surface area contributed by atoms with Crippen LogP contribution in [0.4, 0.5) is 5.95 Å². The van der Waals surface area contributed by atoms with Gasteiger partial charge in [0.25, 0.3) is 0 Å². The number of hydrogen-bond donors (Lipinski definition) is 2. The van der Waals surface area contributed by atoms with E-state index in [0.29, 0.717) is 58.9 Å². The fourth-order valence-corrected chi connectivity index (χ4v) is 6.20. The number of aryl methyl sites for hydroxylation is 1. The fourth-order valence-electron chi connectivity index (χ4n) is 4.93. The standard InChI is InChI=1S/C30H33ClN4O4S/c1-17-14-22-26(25(20(17)16-24(36)37)19-7-6-18(31)15-23(19)39-29(2,3)4)40-27(33-22)21-8-11-32-28(34-21)35-12-9-30(5,38)10-13-35/h6-8,11,14-15,38H,9-10,12-13,16H2,1-5H3,(H,36,37). The number of carboxylic acids is 1. The molecular formula is C30H33ClN4O4S. The Hall–Kier alpha value is -3.27. The van der Waals surface area contributed by atoms with E-state index in [-0.39, 0.29) is 6.42 Å². The average Bonchev–Trinajstić information content (AvgIpc) is 3.27. The van der Waals surface area contributed by atoms with E-state index in [1.807, 2.05) is 52.8 Å². The molecule has 2 N–H and O–H groups in total. The lowest BCUT2D eigenvalue weighted by Gasteiger charge is -2.35. The summed E-state index contributed by atoms with van der Waals surface area (Å²) in [5.41, 5.74) is 3.38. The summed E-state index contributed by atoms with van der Waals surface area (Å²) in [6.07, 6.45) is 2.89. The van der Waals surface area contributed by atoms with Gasteiger partial charge in [-0.15, -0.1) is 11.3 Å². The molecule has 210 valence electrons. The first-order chi connectivity index (χ1) is 18.8. The molecule has 0 atom stereocenters. The molecular weight excluding hydrogens is 548 g/mol. The first kappa shape index (κ1) is 28.3. The van der Waals surface area contributed by atoms with Gasteiger partial charge < -0.3 is 19.8 Å². The molecule has 0 unspecified atom stereocenters. The Morgan fingerprint density at radius 1 is 1.18 bits per heavy atom. The quantitative estimate of drug-likeness (QED) is 0.265. The highest BCUT2D eigenvalue weighted by atomic mass is 35.5. The average molecular weight is 581 g/mol. The monoisotopic (exact) mass is 580 g/mol. The van der Waals surface area contributed by atoms with Gasteiger partial charge in [0.15, 0.2) is 0 Å². The Morgan fingerprint density at radius 2 is 1.90 bits per heavy atom. The van der Waals surface area contributed by atoms with E-state index < -0.39 is 17.2 Å². The second kappa shape index (κ2) is 10.6. The third kappa shape index (κ3) is 6.06. The van der Waals surface area contributed by atoms with E-state index in [2.05, 4.69) is 9.88 Å². The Kier molecular flexibility index (Phi) is 7.50. The van der Waals surface area contributed by atoms with Gasteiger partial charge in [-0.2, -0.15) is 0 Å². The van der Waals surface area contributed by atoms with Gasteiger partial charge in [0.2, 0.25) is 5.95 Å². The molecule has 5 rings (SSSR count). The van der Waals surface area contributed by atoms with Gasteiger partial charge in [0.05, 0.1) is 22.2 Å². The van der Waals surface area contributed by atoms with Gasteiger partial charge >= 0.3 is 5.97 Å². The Morgan fingerprint density at radius 3 is 2.58 bits per heavy atom. The third-order valence-electron chi connectivity index (χ3n) is 6.95. The summed E-state index contributed by atoms with van der Waals surface area (Å²) in [6.45, 7) is 11.0. The van der Waals surface area contributed by atoms with Gasteiger partial charge in [0, 0.05) is 35.4 Å². The number of piperidine rings is 1. The number of rotatable bonds is 6. The van der Waals surface area contributed by atoms with E-state index in [1.165, 1.54) is 11.3 Å². The SMILES string of the molecule is Cc1cc2nc(-c3ccnc(N4CCC(C)(O)CC4)n3)sc2c(-c2ccc(Cl)cc2OC(C)(C)C)c1CC(=O)O. The molecule has 3 heterocycles. The van der Waals surface area contributed by atoms with Crippen LogP contribution in [0.15, 0.2) is 36.5 Å². The van der Waals surface area contributed by atoms with Crippen LogP contribution in [0, 0.1) is 6.92 Å². The van der Waals surface area contributed by atoms with Crippen LogP contribution in [0.5, 0.6) is 5.75 Å². The molecule has 4 aromatic rings. The van der Waals surface area contributed by atoms with E-state index in [0.717, 1.165) is 26.9 Å². The van der Waals surface area contributed by atoms with Crippen molar-refractivity contribution in [3.8, 4) is 27.6 Å². The number of fused-ring (bicyclic) bond motifs is 1. The number of carbonyl (C=O) groups is 1. The van der Waals surface area contributed by atoms with Gasteiger partial charge in [-0.3, -0.25) is 4.79 Å². The highest BCUT2D eigenvalue weighted by Gasteiger charge is 2.29. The minimum absolute atomic E-state index is 0.141. The Bertz CT molecular complexity index is 1580. The summed E-state index contributed by atoms with van der Waals surface area (Å²) >= 11 is 7.84. The zero-order valence-corrected chi connectivity index (χ0v) is 24.9. The Labute approximate surface area is 242 Å². The molecule has 0 bridgehead atoms. The molecule has 0 saturated carbocycles. The van der Waals surface area contributed by atoms with Crippen LogP contribution < -0.4 is 9.64 Å². The summed E-state index contributed by atoms with van der Waals surface area (Å²) in [5, 5.41) is 21.4. The number of nitrogens with zero attached hydrogens (tertiary/aromatic N) is 4. The molecule has 2 aromatic heterocycles. The number of aromatic nitrogens is 3. The van der Waals surface area contributed by atoms with E-state index >= 15 is 0 Å². The van der Waals surface area contributed by atoms with Crippen molar-refractivity contribution < 1.29 is 19.7 Å². The molecule has 8 nitrogen and oxygen atoms in total. The van der Waals surface area contributed by atoms with Crippen LogP contribution in [0.1, 0.15) is 51.7 Å². The smallest absolute Gasteiger partial charge is 0.307 e. The molecule has 0 spiro atoms. The predicted octanol–water partition coefficient (Wildman–Crippen LogP) is 6.54. The molecule has 0 aliphatic carbocycles. The first-order valence-corrected chi connectivity index (χ1v) is 14.4. The Balaban J connectivity index is 1.66. The minimum atomic E-state index is -0.915. The number of thiazole rings is 1. The third-order valence-corrected chi connectivity index (χ3v) is 8.30. The van der Waals surface area contributed by atoms with Crippen LogP contribution in [0.25, 0.3) is 32.0 Å². The lowest BCUT2D eigenvalue weighted by atomic mass is 9.92. The van der Waals surface area contributed by atoms with Crippen LogP contribution >= 0.6 is 22.9 Å². The number of aliphatic hydroxyl groups is 1. The van der Waals surface area contributed by atoms with E-state index in [4.69, 9.17) is 26.3 Å². The maximum absolute atomic E-state index is 12.0. The molecule has 2 aromatic carbocycles. The van der Waals surface area contributed by atoms with Crippen molar-refractivity contribution in [1.29, 1.82) is 0 Å². The zero-order chi connectivity index (χ0) is 28.8. The summed E-state index contributed by atoms with van der Waals surface area (Å²) in [4.78, 5) is 28.3. The maximum Gasteiger partial charge on any atom is 0.307 e. The summed E-state index contributed by atoms with van der Waals surface area (Å²) in [5.74, 6) is 0.272. The number of anilines is 1. The van der Waals surface area contributed by atoms with Gasteiger partial charge in [-0.25, -0.2) is 15.0 Å². The summed E-state index contributed by atoms with van der Waals surface area (Å²) < 4.78 is 7.17. The van der Waals surface area contributed by atoms with Crippen molar-refractivity contribution in [2.45, 2.75) is 65.1 Å². The van der Waals surface area contributed by atoms with Crippen molar-refractivity contribution >= 4 is 45.1 Å². The van der Waals surface area contributed by atoms with Gasteiger partial charge in [0.1, 0.15) is 22.1 Å². The second-order valence-corrected chi connectivity index (χ2v) is 13.0. The zero-order valence-electron chi connectivity index (χ0n) is 23.3. The molecule has 1 fully saturated rings. The summed E-state index contributed by atoms with van der Waals surface area (Å²) in [7, 11) is 0. The van der Waals surface area contributed by atoms with Gasteiger partial charge in [-0.1, -0.05) is 11.6 Å². The highest BCUT2D eigenvalue weighted by molar-refractivity contribution is 7.22. The van der Waals surface area contributed by atoms with E-state index in [9.17, 15) is 15.0 Å². The fraction of sp³-hybridized carbons (Fsp3) is 0.400. The number of hydrogen-bond acceptors (Lipinski definition) is 8. The largest absolute Gasteiger partial charge is 0.487 e. The van der Waals surface area contributed by atoms with Gasteiger partial charge in [-0.05, 0) is 88.9 Å². The molecule has 1 aliphatic heterocycles. The van der Waals surface area contributed by atoms with Crippen LogP contribution in [-0.4, -0.2) is 55.4 Å². The van der Waals surface area contributed by atoms with Crippen LogP contribution in [0.3, 0.4) is 0 Å². The predicted molar refractivity (Wildman–Crippen MR) is 160 cm³/mol. The van der Waals surface area contributed by atoms with Crippen molar-refractivity contribution in [3.05, 3.63) is 52.7 Å². The van der Waals surface area contributed by atoms with Crippen molar-refractivity contribution in [3.63, 3.8) is 0 Å². The molecule has 0 radical (unpaired) electrons. The van der Waals surface area contributed by atoms with Crippen LogP contribution in [0.2, 0.25) is 5.02 Å². The first-order valence-electron chi connectivity index (χ1n) is 13.2. The van der Waals surface area contributed by atoms with Crippen LogP contribution in [-0.2, 0) is 11.2 Å². The lowest BCUT2D eigenvalue weighted by Crippen LogP contribution is -2.43. The highest BCUT2D eigenvalue weighted by Crippen LogP contribution is 2.45. The minimum Gasteiger partial charge on any atom is -0.487 e. The van der Waals surface area contributed by atoms with Crippen molar-refractivity contribution in [2.75, 3.05) is 18.0 Å². The topological polar surface area (TPSA) is 109 Å². The van der Waals surface area contributed by atoms with Crippen molar-refractivity contribution in [2.24, 2.45) is 0 Å².